The van der Waals surface area contributed by atoms with Crippen LogP contribution < -0.4 is 4.90 Å². The van der Waals surface area contributed by atoms with Gasteiger partial charge in [0, 0.05) is 19.2 Å². The molecule has 0 bridgehead atoms. The van der Waals surface area contributed by atoms with Gasteiger partial charge in [-0.3, -0.25) is 9.59 Å². The summed E-state index contributed by atoms with van der Waals surface area (Å²) in [5, 5.41) is 8.60. The highest BCUT2D eigenvalue weighted by Gasteiger charge is 2.23. The Bertz CT molecular complexity index is 681. The maximum absolute atomic E-state index is 12.1. The summed E-state index contributed by atoms with van der Waals surface area (Å²) >= 11 is 0. The Balaban J connectivity index is 2.33. The van der Waals surface area contributed by atoms with Gasteiger partial charge < -0.3 is 10.0 Å². The Morgan fingerprint density at radius 3 is 2.67 bits per heavy atom. The van der Waals surface area contributed by atoms with Crippen molar-refractivity contribution in [2.24, 2.45) is 0 Å². The lowest BCUT2D eigenvalue weighted by molar-refractivity contribution is -0.136. The van der Waals surface area contributed by atoms with E-state index >= 15 is 0 Å². The SMILES string of the molecule is CC(=O)N1CCCc2cc(S(=O)(=O)CCC(=O)O)ccc21. The van der Waals surface area contributed by atoms with Crippen LogP contribution >= 0.6 is 0 Å². The lowest BCUT2D eigenvalue weighted by Gasteiger charge is -2.28. The van der Waals surface area contributed by atoms with Crippen LogP contribution in [0.25, 0.3) is 0 Å². The standard InChI is InChI=1S/C14H17NO5S/c1-10(16)15-7-2-3-11-9-12(4-5-13(11)15)21(19,20)8-6-14(17)18/h4-5,9H,2-3,6-8H2,1H3,(H,17,18). The summed E-state index contributed by atoms with van der Waals surface area (Å²) in [6, 6.07) is 4.63. The zero-order valence-electron chi connectivity index (χ0n) is 11.7. The van der Waals surface area contributed by atoms with E-state index in [-0.39, 0.29) is 10.8 Å². The second kappa shape index (κ2) is 5.85. The highest BCUT2D eigenvalue weighted by atomic mass is 32.2. The number of nitrogens with zero attached hydrogens (tertiary/aromatic N) is 1. The van der Waals surface area contributed by atoms with Crippen LogP contribution in [0, 0.1) is 0 Å². The van der Waals surface area contributed by atoms with Gasteiger partial charge in [0.05, 0.1) is 17.1 Å². The number of aliphatic carboxylic acids is 1. The fourth-order valence-electron chi connectivity index (χ4n) is 2.43. The molecular weight excluding hydrogens is 294 g/mol. The normalized spacial score (nSPS) is 14.6. The second-order valence-corrected chi connectivity index (χ2v) is 7.14. The average Bonchev–Trinajstić information content (AvgIpc) is 2.43. The number of carboxylic acids is 1. The third kappa shape index (κ3) is 3.41. The Labute approximate surface area is 123 Å². The number of carboxylic acid groups (broad SMARTS) is 1. The molecule has 0 radical (unpaired) electrons. The first kappa shape index (κ1) is 15.5. The Kier molecular flexibility index (Phi) is 4.32. The maximum atomic E-state index is 12.1. The lowest BCUT2D eigenvalue weighted by Crippen LogP contribution is -2.33. The Morgan fingerprint density at radius 1 is 1.33 bits per heavy atom. The van der Waals surface area contributed by atoms with E-state index in [9.17, 15) is 18.0 Å². The molecule has 0 fully saturated rings. The van der Waals surface area contributed by atoms with E-state index in [1.807, 2.05) is 0 Å². The first-order valence-electron chi connectivity index (χ1n) is 6.67. The van der Waals surface area contributed by atoms with Crippen LogP contribution in [-0.2, 0) is 25.8 Å². The van der Waals surface area contributed by atoms with Gasteiger partial charge in [-0.1, -0.05) is 0 Å². The Morgan fingerprint density at radius 2 is 2.05 bits per heavy atom. The number of carbonyl (C=O) groups is 2. The summed E-state index contributed by atoms with van der Waals surface area (Å²) in [5.74, 6) is -1.63. The minimum atomic E-state index is -3.61. The summed E-state index contributed by atoms with van der Waals surface area (Å²) in [7, 11) is -3.61. The zero-order chi connectivity index (χ0) is 15.6. The summed E-state index contributed by atoms with van der Waals surface area (Å²) in [6.07, 6.45) is 1.07. The van der Waals surface area contributed by atoms with Crippen molar-refractivity contribution < 1.29 is 23.1 Å². The van der Waals surface area contributed by atoms with E-state index in [4.69, 9.17) is 5.11 Å². The molecule has 0 saturated carbocycles. The summed E-state index contributed by atoms with van der Waals surface area (Å²) in [4.78, 5) is 23.8. The highest BCUT2D eigenvalue weighted by molar-refractivity contribution is 7.91. The smallest absolute Gasteiger partial charge is 0.304 e. The number of carbonyl (C=O) groups excluding carboxylic acids is 1. The molecule has 0 spiro atoms. The van der Waals surface area contributed by atoms with Gasteiger partial charge in [-0.25, -0.2) is 8.42 Å². The molecule has 0 aliphatic carbocycles. The van der Waals surface area contributed by atoms with Crippen LogP contribution in [0.2, 0.25) is 0 Å². The number of benzene rings is 1. The summed E-state index contributed by atoms with van der Waals surface area (Å²) in [5.41, 5.74) is 1.55. The molecule has 1 heterocycles. The monoisotopic (exact) mass is 311 g/mol. The van der Waals surface area contributed by atoms with E-state index in [1.54, 1.807) is 17.0 Å². The molecule has 1 aromatic rings. The number of sulfone groups is 1. The quantitative estimate of drug-likeness (QED) is 0.903. The van der Waals surface area contributed by atoms with Gasteiger partial charge >= 0.3 is 5.97 Å². The third-order valence-corrected chi connectivity index (χ3v) is 5.21. The van der Waals surface area contributed by atoms with Gasteiger partial charge in [-0.15, -0.1) is 0 Å². The number of fused-ring (bicyclic) bond motifs is 1. The van der Waals surface area contributed by atoms with Crippen molar-refractivity contribution in [2.45, 2.75) is 31.1 Å². The molecule has 0 aromatic heterocycles. The predicted molar refractivity (Wildman–Crippen MR) is 77.1 cm³/mol. The van der Waals surface area contributed by atoms with Gasteiger partial charge in [0.2, 0.25) is 5.91 Å². The molecule has 0 atom stereocenters. The van der Waals surface area contributed by atoms with Gasteiger partial charge in [0.15, 0.2) is 9.84 Å². The average molecular weight is 311 g/mol. The molecule has 0 unspecified atom stereocenters. The van der Waals surface area contributed by atoms with Crippen LogP contribution in [0.5, 0.6) is 0 Å². The van der Waals surface area contributed by atoms with Crippen LogP contribution in [0.1, 0.15) is 25.3 Å². The first-order valence-corrected chi connectivity index (χ1v) is 8.32. The van der Waals surface area contributed by atoms with E-state index < -0.39 is 28.0 Å². The van der Waals surface area contributed by atoms with Crippen LogP contribution in [0.4, 0.5) is 5.69 Å². The van der Waals surface area contributed by atoms with E-state index in [0.29, 0.717) is 13.0 Å². The summed E-state index contributed by atoms with van der Waals surface area (Å²) < 4.78 is 24.2. The first-order chi connectivity index (χ1) is 9.81. The number of hydrogen-bond donors (Lipinski definition) is 1. The van der Waals surface area contributed by atoms with Crippen molar-refractivity contribution in [3.63, 3.8) is 0 Å². The number of anilines is 1. The molecule has 21 heavy (non-hydrogen) atoms. The van der Waals surface area contributed by atoms with Crippen molar-refractivity contribution >= 4 is 27.4 Å². The fourth-order valence-corrected chi connectivity index (χ4v) is 3.71. The molecule has 1 aliphatic rings. The van der Waals surface area contributed by atoms with E-state index in [1.165, 1.54) is 13.0 Å². The van der Waals surface area contributed by atoms with Gasteiger partial charge in [-0.2, -0.15) is 0 Å². The molecule has 1 amide bonds. The Hall–Kier alpha value is -1.89. The highest BCUT2D eigenvalue weighted by Crippen LogP contribution is 2.29. The molecule has 1 N–H and O–H groups in total. The molecule has 0 saturated heterocycles. The number of aryl methyl sites for hydroxylation is 1. The van der Waals surface area contributed by atoms with Crippen molar-refractivity contribution in [3.05, 3.63) is 23.8 Å². The van der Waals surface area contributed by atoms with Crippen molar-refractivity contribution in [1.29, 1.82) is 0 Å². The van der Waals surface area contributed by atoms with Gasteiger partial charge in [0.25, 0.3) is 0 Å². The van der Waals surface area contributed by atoms with Crippen molar-refractivity contribution in [1.82, 2.24) is 0 Å². The van der Waals surface area contributed by atoms with Crippen molar-refractivity contribution in [2.75, 3.05) is 17.2 Å². The number of rotatable bonds is 4. The van der Waals surface area contributed by atoms with Crippen LogP contribution in [0.15, 0.2) is 23.1 Å². The second-order valence-electron chi connectivity index (χ2n) is 5.03. The van der Waals surface area contributed by atoms with E-state index in [0.717, 1.165) is 17.7 Å². The largest absolute Gasteiger partial charge is 0.481 e. The molecular formula is C14H17NO5S. The molecule has 114 valence electrons. The molecule has 1 aliphatic heterocycles. The van der Waals surface area contributed by atoms with Crippen LogP contribution in [-0.4, -0.2) is 37.7 Å². The lowest BCUT2D eigenvalue weighted by atomic mass is 10.0. The fraction of sp³-hybridized carbons (Fsp3) is 0.429. The minimum Gasteiger partial charge on any atom is -0.481 e. The predicted octanol–water partition coefficient (Wildman–Crippen LogP) is 1.23. The molecule has 2 rings (SSSR count). The third-order valence-electron chi connectivity index (χ3n) is 3.49. The van der Waals surface area contributed by atoms with Crippen LogP contribution in [0.3, 0.4) is 0 Å². The minimum absolute atomic E-state index is 0.0718. The zero-order valence-corrected chi connectivity index (χ0v) is 12.5. The molecule has 6 nitrogen and oxygen atoms in total. The molecule has 7 heteroatoms. The van der Waals surface area contributed by atoms with Gasteiger partial charge in [-0.05, 0) is 36.6 Å². The van der Waals surface area contributed by atoms with E-state index in [2.05, 4.69) is 0 Å². The number of hydrogen-bond acceptors (Lipinski definition) is 4. The maximum Gasteiger partial charge on any atom is 0.304 e. The topological polar surface area (TPSA) is 91.8 Å². The van der Waals surface area contributed by atoms with Gasteiger partial charge in [0.1, 0.15) is 0 Å². The summed E-state index contributed by atoms with van der Waals surface area (Å²) in [6.45, 7) is 2.11. The number of amides is 1. The molecule has 1 aromatic carbocycles. The van der Waals surface area contributed by atoms with Crippen molar-refractivity contribution in [3.8, 4) is 0 Å².